The van der Waals surface area contributed by atoms with E-state index in [2.05, 4.69) is 6.07 Å². The van der Waals surface area contributed by atoms with Crippen molar-refractivity contribution in [2.45, 2.75) is 11.5 Å². The molecule has 6 nitrogen and oxygen atoms in total. The van der Waals surface area contributed by atoms with Gasteiger partial charge in [-0.25, -0.2) is 18.4 Å². The predicted octanol–water partition coefficient (Wildman–Crippen LogP) is 3.63. The van der Waals surface area contributed by atoms with Crippen molar-refractivity contribution in [2.24, 2.45) is 5.14 Å². The summed E-state index contributed by atoms with van der Waals surface area (Å²) in [6.45, 7) is 0.105. The molecule has 3 aromatic rings. The Morgan fingerprint density at radius 2 is 1.67 bits per heavy atom. The fourth-order valence-electron chi connectivity index (χ4n) is 2.75. The number of ether oxygens (including phenoxy) is 1. The topological polar surface area (TPSA) is 110 Å². The minimum Gasteiger partial charge on any atom is -0.458 e. The van der Waals surface area contributed by atoms with Crippen LogP contribution in [0.25, 0.3) is 17.2 Å². The third-order valence-electron chi connectivity index (χ3n) is 4.31. The van der Waals surface area contributed by atoms with E-state index < -0.39 is 16.0 Å². The quantitative estimate of drug-likeness (QED) is 0.485. The molecule has 7 heteroatoms. The monoisotopic (exact) mass is 418 g/mol. The lowest BCUT2D eigenvalue weighted by Gasteiger charge is -2.06. The van der Waals surface area contributed by atoms with Gasteiger partial charge in [-0.05, 0) is 46.5 Å². The Balaban J connectivity index is 1.58. The second kappa shape index (κ2) is 9.18. The number of primary sulfonamides is 1. The minimum atomic E-state index is -3.75. The minimum absolute atomic E-state index is 0.00284. The smallest absolute Gasteiger partial charge is 0.331 e. The molecule has 0 aromatic heterocycles. The van der Waals surface area contributed by atoms with Gasteiger partial charge in [0.15, 0.2) is 0 Å². The first kappa shape index (κ1) is 21.0. The highest BCUT2D eigenvalue weighted by molar-refractivity contribution is 7.89. The van der Waals surface area contributed by atoms with Crippen LogP contribution in [0.4, 0.5) is 0 Å². The Morgan fingerprint density at radius 1 is 1.00 bits per heavy atom. The summed E-state index contributed by atoms with van der Waals surface area (Å²) < 4.78 is 27.7. The molecule has 0 aliphatic heterocycles. The molecule has 0 heterocycles. The van der Waals surface area contributed by atoms with E-state index in [0.29, 0.717) is 11.1 Å². The normalized spacial score (nSPS) is 11.2. The lowest BCUT2D eigenvalue weighted by atomic mass is 9.99. The summed E-state index contributed by atoms with van der Waals surface area (Å²) in [5.41, 5.74) is 3.80. The van der Waals surface area contributed by atoms with Gasteiger partial charge in [0, 0.05) is 6.08 Å². The van der Waals surface area contributed by atoms with Crippen LogP contribution in [-0.2, 0) is 26.2 Å². The molecule has 0 spiro atoms. The number of nitriles is 1. The average Bonchev–Trinajstić information content (AvgIpc) is 2.76. The number of benzene rings is 3. The highest BCUT2D eigenvalue weighted by Crippen LogP contribution is 2.23. The summed E-state index contributed by atoms with van der Waals surface area (Å²) in [6.07, 6.45) is 2.79. The van der Waals surface area contributed by atoms with E-state index in [1.807, 2.05) is 42.5 Å². The Hall–Kier alpha value is -3.73. The van der Waals surface area contributed by atoms with Crippen LogP contribution in [0.1, 0.15) is 16.7 Å². The van der Waals surface area contributed by atoms with Gasteiger partial charge in [0.2, 0.25) is 10.0 Å². The molecule has 0 unspecified atom stereocenters. The van der Waals surface area contributed by atoms with Crippen LogP contribution in [0.2, 0.25) is 0 Å². The zero-order valence-electron chi connectivity index (χ0n) is 15.9. The standard InChI is InChI=1S/C23H18N2O4S/c24-15-20-3-1-2-4-22(20)19-10-5-18(6-11-19)16-29-23(26)14-9-17-7-12-21(13-8-17)30(25,27)28/h1-14H,16H2,(H2,25,27,28)/b14-9+. The van der Waals surface area contributed by atoms with Gasteiger partial charge < -0.3 is 4.74 Å². The molecule has 0 bridgehead atoms. The fourth-order valence-corrected chi connectivity index (χ4v) is 3.26. The lowest BCUT2D eigenvalue weighted by Crippen LogP contribution is -2.11. The van der Waals surface area contributed by atoms with Gasteiger partial charge in [-0.1, -0.05) is 54.6 Å². The third kappa shape index (κ3) is 5.41. The number of hydrogen-bond acceptors (Lipinski definition) is 5. The fraction of sp³-hybridized carbons (Fsp3) is 0.0435. The molecule has 0 fully saturated rings. The van der Waals surface area contributed by atoms with Crippen molar-refractivity contribution in [3.8, 4) is 17.2 Å². The number of esters is 1. The molecule has 0 atom stereocenters. The molecule has 0 radical (unpaired) electrons. The Bertz CT molecular complexity index is 1220. The molecule has 0 aliphatic carbocycles. The first-order chi connectivity index (χ1) is 14.4. The largest absolute Gasteiger partial charge is 0.458 e. The summed E-state index contributed by atoms with van der Waals surface area (Å²) in [4.78, 5) is 11.9. The molecular formula is C23H18N2O4S. The Labute approximate surface area is 174 Å². The molecule has 150 valence electrons. The molecule has 3 rings (SSSR count). The van der Waals surface area contributed by atoms with E-state index in [0.717, 1.165) is 16.7 Å². The maximum atomic E-state index is 11.9. The highest BCUT2D eigenvalue weighted by Gasteiger charge is 2.07. The van der Waals surface area contributed by atoms with Gasteiger partial charge in [-0.15, -0.1) is 0 Å². The molecular weight excluding hydrogens is 400 g/mol. The maximum absolute atomic E-state index is 11.9. The molecule has 2 N–H and O–H groups in total. The van der Waals surface area contributed by atoms with E-state index in [1.165, 1.54) is 24.3 Å². The zero-order chi connectivity index (χ0) is 21.6. The maximum Gasteiger partial charge on any atom is 0.331 e. The summed E-state index contributed by atoms with van der Waals surface area (Å²) in [6, 6.07) is 22.8. The van der Waals surface area contributed by atoms with Gasteiger partial charge in [-0.2, -0.15) is 5.26 Å². The number of carbonyl (C=O) groups excluding carboxylic acids is 1. The zero-order valence-corrected chi connectivity index (χ0v) is 16.7. The van der Waals surface area contributed by atoms with Gasteiger partial charge >= 0.3 is 5.97 Å². The lowest BCUT2D eigenvalue weighted by molar-refractivity contribution is -0.138. The van der Waals surface area contributed by atoms with Gasteiger partial charge in [0.05, 0.1) is 16.5 Å². The van der Waals surface area contributed by atoms with Crippen LogP contribution < -0.4 is 5.14 Å². The second-order valence-electron chi connectivity index (χ2n) is 6.41. The van der Waals surface area contributed by atoms with Crippen molar-refractivity contribution in [2.75, 3.05) is 0 Å². The molecule has 3 aromatic carbocycles. The molecule has 0 saturated carbocycles. The number of nitrogens with zero attached hydrogens (tertiary/aromatic N) is 1. The first-order valence-electron chi connectivity index (χ1n) is 8.93. The summed E-state index contributed by atoms with van der Waals surface area (Å²) in [5.74, 6) is -0.524. The average molecular weight is 418 g/mol. The van der Waals surface area contributed by atoms with E-state index in [9.17, 15) is 18.5 Å². The highest BCUT2D eigenvalue weighted by atomic mass is 32.2. The summed E-state index contributed by atoms with van der Waals surface area (Å²) in [5, 5.41) is 14.3. The van der Waals surface area contributed by atoms with Gasteiger partial charge in [0.1, 0.15) is 6.61 Å². The van der Waals surface area contributed by atoms with E-state index in [-0.39, 0.29) is 11.5 Å². The number of hydrogen-bond donors (Lipinski definition) is 1. The van der Waals surface area contributed by atoms with Crippen LogP contribution in [0.5, 0.6) is 0 Å². The van der Waals surface area contributed by atoms with Crippen LogP contribution in [-0.4, -0.2) is 14.4 Å². The number of rotatable bonds is 6. The van der Waals surface area contributed by atoms with Crippen LogP contribution >= 0.6 is 0 Å². The number of nitrogens with two attached hydrogens (primary N) is 1. The van der Waals surface area contributed by atoms with E-state index >= 15 is 0 Å². The van der Waals surface area contributed by atoms with Crippen molar-refractivity contribution in [3.63, 3.8) is 0 Å². The third-order valence-corrected chi connectivity index (χ3v) is 5.24. The summed E-state index contributed by atoms with van der Waals surface area (Å²) >= 11 is 0. The number of sulfonamides is 1. The van der Waals surface area contributed by atoms with E-state index in [4.69, 9.17) is 9.88 Å². The van der Waals surface area contributed by atoms with Crippen molar-refractivity contribution in [1.82, 2.24) is 0 Å². The molecule has 0 aliphatic rings. The van der Waals surface area contributed by atoms with Gasteiger partial charge in [-0.3, -0.25) is 0 Å². The van der Waals surface area contributed by atoms with Crippen LogP contribution in [0, 0.1) is 11.3 Å². The van der Waals surface area contributed by atoms with Crippen molar-refractivity contribution in [1.29, 1.82) is 5.26 Å². The Kier molecular flexibility index (Phi) is 6.42. The molecule has 30 heavy (non-hydrogen) atoms. The predicted molar refractivity (Wildman–Crippen MR) is 113 cm³/mol. The molecule has 0 amide bonds. The van der Waals surface area contributed by atoms with Crippen LogP contribution in [0.15, 0.2) is 83.8 Å². The first-order valence-corrected chi connectivity index (χ1v) is 10.5. The van der Waals surface area contributed by atoms with Crippen molar-refractivity contribution >= 4 is 22.1 Å². The van der Waals surface area contributed by atoms with Crippen LogP contribution in [0.3, 0.4) is 0 Å². The molecule has 0 saturated heterocycles. The SMILES string of the molecule is N#Cc1ccccc1-c1ccc(COC(=O)/C=C/c2ccc(S(N)(=O)=O)cc2)cc1. The number of carbonyl (C=O) groups is 1. The Morgan fingerprint density at radius 3 is 2.30 bits per heavy atom. The van der Waals surface area contributed by atoms with Crippen molar-refractivity contribution < 1.29 is 17.9 Å². The van der Waals surface area contributed by atoms with E-state index in [1.54, 1.807) is 18.2 Å². The second-order valence-corrected chi connectivity index (χ2v) is 7.97. The summed E-state index contributed by atoms with van der Waals surface area (Å²) in [7, 11) is -3.75. The van der Waals surface area contributed by atoms with Gasteiger partial charge in [0.25, 0.3) is 0 Å². The van der Waals surface area contributed by atoms with Crippen molar-refractivity contribution in [3.05, 3.63) is 95.6 Å².